The molecule has 1 aliphatic rings. The van der Waals surface area contributed by atoms with E-state index >= 15 is 0 Å². The molecule has 0 aromatic heterocycles. The maximum Gasteiger partial charge on any atom is 0.269 e. The molecule has 30 heavy (non-hydrogen) atoms. The monoisotopic (exact) mass is 437 g/mol. The lowest BCUT2D eigenvalue weighted by Crippen LogP contribution is -2.50. The first-order chi connectivity index (χ1) is 14.2. The van der Waals surface area contributed by atoms with Gasteiger partial charge < -0.3 is 4.90 Å². The van der Waals surface area contributed by atoms with Gasteiger partial charge in [-0.2, -0.15) is 4.31 Å². The number of carbonyl (C=O) groups is 1. The molecule has 0 atom stereocenters. The van der Waals surface area contributed by atoms with Crippen molar-refractivity contribution in [3.63, 3.8) is 0 Å². The molecule has 3 rings (SSSR count). The second-order valence-electron chi connectivity index (χ2n) is 6.49. The van der Waals surface area contributed by atoms with Crippen LogP contribution in [0.1, 0.15) is 5.56 Å². The Kier molecular flexibility index (Phi) is 6.22. The van der Waals surface area contributed by atoms with E-state index in [1.165, 1.54) is 41.3 Å². The highest BCUT2D eigenvalue weighted by Crippen LogP contribution is 2.20. The van der Waals surface area contributed by atoms with E-state index < -0.39 is 26.6 Å². The predicted octanol–water partition coefficient (Wildman–Crippen LogP) is 2.42. The van der Waals surface area contributed by atoms with Gasteiger partial charge in [-0.3, -0.25) is 14.9 Å². The van der Waals surface area contributed by atoms with E-state index in [2.05, 4.69) is 0 Å². The normalized spacial score (nSPS) is 15.5. The number of hydrogen-bond acceptors (Lipinski definition) is 5. The molecule has 1 amide bonds. The molecule has 0 radical (unpaired) electrons. The molecule has 0 N–H and O–H groups in total. The SMILES string of the molecule is O=C(C=Cc1ccc([N+](=O)[O-])cc1)N1CCN(S(=O)(=O)c2ccc(F)c(F)c2)CC1. The molecular weight excluding hydrogens is 420 g/mol. The van der Waals surface area contributed by atoms with Crippen molar-refractivity contribution in [2.24, 2.45) is 0 Å². The number of hydrogen-bond donors (Lipinski definition) is 0. The van der Waals surface area contributed by atoms with Crippen molar-refractivity contribution in [3.05, 3.63) is 75.9 Å². The predicted molar refractivity (Wildman–Crippen MR) is 104 cm³/mol. The smallest absolute Gasteiger partial charge is 0.269 e. The van der Waals surface area contributed by atoms with E-state index in [9.17, 15) is 32.1 Å². The average molecular weight is 437 g/mol. The van der Waals surface area contributed by atoms with Crippen molar-refractivity contribution in [1.29, 1.82) is 0 Å². The number of non-ortho nitro benzene ring substituents is 1. The summed E-state index contributed by atoms with van der Waals surface area (Å²) in [5, 5.41) is 10.6. The molecule has 1 heterocycles. The number of rotatable bonds is 5. The molecular formula is C19H17F2N3O5S. The van der Waals surface area contributed by atoms with Crippen LogP contribution in [0.15, 0.2) is 53.4 Å². The van der Waals surface area contributed by atoms with Crippen LogP contribution in [-0.4, -0.2) is 54.6 Å². The molecule has 0 saturated carbocycles. The van der Waals surface area contributed by atoms with Gasteiger partial charge >= 0.3 is 0 Å². The Bertz CT molecular complexity index is 1100. The van der Waals surface area contributed by atoms with Crippen molar-refractivity contribution < 1.29 is 26.9 Å². The van der Waals surface area contributed by atoms with Crippen LogP contribution >= 0.6 is 0 Å². The van der Waals surface area contributed by atoms with Crippen LogP contribution in [0.3, 0.4) is 0 Å². The molecule has 1 aliphatic heterocycles. The number of halogens is 2. The van der Waals surface area contributed by atoms with Crippen LogP contribution in [0.4, 0.5) is 14.5 Å². The number of benzene rings is 2. The van der Waals surface area contributed by atoms with Gasteiger partial charge in [0.2, 0.25) is 15.9 Å². The highest BCUT2D eigenvalue weighted by molar-refractivity contribution is 7.89. The lowest BCUT2D eigenvalue weighted by Gasteiger charge is -2.33. The summed E-state index contributed by atoms with van der Waals surface area (Å²) < 4.78 is 52.7. The summed E-state index contributed by atoms with van der Waals surface area (Å²) in [5.74, 6) is -2.72. The molecule has 1 saturated heterocycles. The van der Waals surface area contributed by atoms with Gasteiger partial charge in [0.1, 0.15) is 0 Å². The summed E-state index contributed by atoms with van der Waals surface area (Å²) in [4.78, 5) is 23.6. The summed E-state index contributed by atoms with van der Waals surface area (Å²) in [7, 11) is -4.00. The van der Waals surface area contributed by atoms with Gasteiger partial charge in [0.15, 0.2) is 11.6 Å². The third-order valence-corrected chi connectivity index (χ3v) is 6.50. The van der Waals surface area contributed by atoms with Gasteiger partial charge in [-0.15, -0.1) is 0 Å². The number of nitro groups is 1. The Morgan fingerprint density at radius 3 is 2.20 bits per heavy atom. The lowest BCUT2D eigenvalue weighted by atomic mass is 10.2. The molecule has 11 heteroatoms. The molecule has 0 bridgehead atoms. The molecule has 2 aromatic rings. The van der Waals surface area contributed by atoms with E-state index in [4.69, 9.17) is 0 Å². The highest BCUT2D eigenvalue weighted by Gasteiger charge is 2.30. The summed E-state index contributed by atoms with van der Waals surface area (Å²) in [6, 6.07) is 8.05. The second kappa shape index (κ2) is 8.67. The Balaban J connectivity index is 1.61. The third-order valence-electron chi connectivity index (χ3n) is 4.60. The third kappa shape index (κ3) is 4.69. The number of sulfonamides is 1. The minimum Gasteiger partial charge on any atom is -0.337 e. The molecule has 2 aromatic carbocycles. The van der Waals surface area contributed by atoms with Crippen molar-refractivity contribution in [3.8, 4) is 0 Å². The maximum absolute atomic E-state index is 13.4. The van der Waals surface area contributed by atoms with E-state index in [1.807, 2.05) is 0 Å². The Hall–Kier alpha value is -3.18. The fourth-order valence-corrected chi connectivity index (χ4v) is 4.35. The second-order valence-corrected chi connectivity index (χ2v) is 8.43. The fourth-order valence-electron chi connectivity index (χ4n) is 2.92. The largest absolute Gasteiger partial charge is 0.337 e. The Morgan fingerprint density at radius 1 is 1.00 bits per heavy atom. The van der Waals surface area contributed by atoms with Crippen LogP contribution in [-0.2, 0) is 14.8 Å². The van der Waals surface area contributed by atoms with E-state index in [0.29, 0.717) is 11.6 Å². The maximum atomic E-state index is 13.4. The van der Waals surface area contributed by atoms with E-state index in [0.717, 1.165) is 16.4 Å². The summed E-state index contributed by atoms with van der Waals surface area (Å²) in [5.41, 5.74) is 0.547. The number of piperazine rings is 1. The van der Waals surface area contributed by atoms with E-state index in [-0.39, 0.29) is 42.7 Å². The minimum atomic E-state index is -4.00. The van der Waals surface area contributed by atoms with Crippen LogP contribution in [0.5, 0.6) is 0 Å². The topological polar surface area (TPSA) is 101 Å². The van der Waals surface area contributed by atoms with Crippen LogP contribution in [0.2, 0.25) is 0 Å². The zero-order chi connectivity index (χ0) is 21.9. The first-order valence-corrected chi connectivity index (χ1v) is 10.3. The first-order valence-electron chi connectivity index (χ1n) is 8.85. The minimum absolute atomic E-state index is 0.0123. The molecule has 0 aliphatic carbocycles. The molecule has 0 spiro atoms. The van der Waals surface area contributed by atoms with Gasteiger partial charge in [-0.05, 0) is 42.0 Å². The highest BCUT2D eigenvalue weighted by atomic mass is 32.2. The summed E-state index contributed by atoms with van der Waals surface area (Å²) >= 11 is 0. The van der Waals surface area contributed by atoms with Gasteiger partial charge in [-0.25, -0.2) is 17.2 Å². The Labute approximate surface area is 171 Å². The van der Waals surface area contributed by atoms with E-state index in [1.54, 1.807) is 0 Å². The zero-order valence-corrected chi connectivity index (χ0v) is 16.4. The van der Waals surface area contributed by atoms with Crippen molar-refractivity contribution in [2.75, 3.05) is 26.2 Å². The van der Waals surface area contributed by atoms with Crippen LogP contribution in [0.25, 0.3) is 6.08 Å². The number of carbonyl (C=O) groups excluding carboxylic acids is 1. The molecule has 8 nitrogen and oxygen atoms in total. The number of nitro benzene ring substituents is 1. The number of amides is 1. The lowest BCUT2D eigenvalue weighted by molar-refractivity contribution is -0.384. The van der Waals surface area contributed by atoms with Crippen molar-refractivity contribution >= 4 is 27.7 Å². The zero-order valence-electron chi connectivity index (χ0n) is 15.6. The quantitative estimate of drug-likeness (QED) is 0.406. The first kappa shape index (κ1) is 21.5. The molecule has 158 valence electrons. The van der Waals surface area contributed by atoms with Crippen molar-refractivity contribution in [1.82, 2.24) is 9.21 Å². The van der Waals surface area contributed by atoms with Gasteiger partial charge in [-0.1, -0.05) is 0 Å². The van der Waals surface area contributed by atoms with Crippen LogP contribution < -0.4 is 0 Å². The Morgan fingerprint density at radius 2 is 1.63 bits per heavy atom. The summed E-state index contributed by atoms with van der Waals surface area (Å²) in [6.07, 6.45) is 2.82. The molecule has 0 unspecified atom stereocenters. The van der Waals surface area contributed by atoms with Crippen molar-refractivity contribution in [2.45, 2.75) is 4.90 Å². The number of nitrogens with zero attached hydrogens (tertiary/aromatic N) is 3. The summed E-state index contributed by atoms with van der Waals surface area (Å²) in [6.45, 7) is 0.287. The van der Waals surface area contributed by atoms with Gasteiger partial charge in [0.25, 0.3) is 5.69 Å². The fraction of sp³-hybridized carbons (Fsp3) is 0.211. The van der Waals surface area contributed by atoms with Gasteiger partial charge in [0.05, 0.1) is 9.82 Å². The average Bonchev–Trinajstić information content (AvgIpc) is 2.74. The standard InChI is InChI=1S/C19H17F2N3O5S/c20-17-7-6-16(13-18(17)21)30(28,29)23-11-9-22(10-12-23)19(25)8-3-14-1-4-15(5-2-14)24(26)27/h1-8,13H,9-12H2. The molecule has 1 fully saturated rings. The van der Waals surface area contributed by atoms with Crippen LogP contribution in [0, 0.1) is 21.7 Å². The van der Waals surface area contributed by atoms with Gasteiger partial charge in [0, 0.05) is 44.4 Å².